The minimum atomic E-state index is 0.605. The molecule has 1 aromatic rings. The largest absolute Gasteiger partial charge is 0.313 e. The molecular weight excluding hydrogens is 218 g/mol. The monoisotopic (exact) mass is 239 g/mol. The lowest BCUT2D eigenvalue weighted by molar-refractivity contribution is 0.264. The third kappa shape index (κ3) is 3.27. The third-order valence-corrected chi connectivity index (χ3v) is 4.11. The Balaban J connectivity index is 1.92. The summed E-state index contributed by atoms with van der Waals surface area (Å²) in [6, 6.07) is 0.605. The Morgan fingerprint density at radius 3 is 3.25 bits per heavy atom. The maximum atomic E-state index is 4.49. The number of nitrogens with one attached hydrogen (secondary N) is 1. The van der Waals surface area contributed by atoms with E-state index in [0.717, 1.165) is 26.1 Å². The Kier molecular flexibility index (Phi) is 4.32. The maximum absolute atomic E-state index is 4.49. The van der Waals surface area contributed by atoms with Gasteiger partial charge in [-0.15, -0.1) is 11.3 Å². The van der Waals surface area contributed by atoms with Crippen LogP contribution in [0.1, 0.15) is 30.2 Å². The Bertz CT molecular complexity index is 324. The molecule has 1 aliphatic rings. The number of aromatic nitrogens is 1. The number of rotatable bonds is 3. The van der Waals surface area contributed by atoms with Crippen molar-refractivity contribution in [1.82, 2.24) is 15.2 Å². The average molecular weight is 239 g/mol. The highest BCUT2D eigenvalue weighted by molar-refractivity contribution is 7.11. The predicted octanol–water partition coefficient (Wildman–Crippen LogP) is 1.89. The zero-order valence-corrected chi connectivity index (χ0v) is 11.0. The summed E-state index contributed by atoms with van der Waals surface area (Å²) in [5.41, 5.74) is 0. The van der Waals surface area contributed by atoms with Gasteiger partial charge in [0, 0.05) is 23.7 Å². The zero-order valence-electron chi connectivity index (χ0n) is 10.2. The van der Waals surface area contributed by atoms with E-state index in [1.54, 1.807) is 0 Å². The molecule has 16 heavy (non-hydrogen) atoms. The van der Waals surface area contributed by atoms with E-state index in [2.05, 4.69) is 29.0 Å². The van der Waals surface area contributed by atoms with Crippen LogP contribution in [-0.2, 0) is 13.0 Å². The van der Waals surface area contributed by atoms with E-state index in [0.29, 0.717) is 6.04 Å². The van der Waals surface area contributed by atoms with Gasteiger partial charge in [0.1, 0.15) is 5.01 Å². The molecule has 0 spiro atoms. The van der Waals surface area contributed by atoms with Crippen molar-refractivity contribution in [1.29, 1.82) is 0 Å². The fourth-order valence-corrected chi connectivity index (χ4v) is 3.02. The second-order valence-electron chi connectivity index (χ2n) is 4.52. The molecule has 2 heterocycles. The van der Waals surface area contributed by atoms with Crippen LogP contribution in [0.5, 0.6) is 0 Å². The van der Waals surface area contributed by atoms with E-state index in [1.807, 2.05) is 17.5 Å². The summed E-state index contributed by atoms with van der Waals surface area (Å²) < 4.78 is 0. The molecule has 0 saturated carbocycles. The fraction of sp³-hybridized carbons (Fsp3) is 0.750. The molecule has 90 valence electrons. The highest BCUT2D eigenvalue weighted by atomic mass is 32.1. The summed E-state index contributed by atoms with van der Waals surface area (Å²) in [6.07, 6.45) is 4.38. The molecule has 0 radical (unpaired) electrons. The molecule has 0 aromatic carbocycles. The highest BCUT2D eigenvalue weighted by Gasteiger charge is 2.15. The molecule has 1 atom stereocenters. The van der Waals surface area contributed by atoms with Crippen LogP contribution in [0, 0.1) is 0 Å². The quantitative estimate of drug-likeness (QED) is 0.873. The zero-order chi connectivity index (χ0) is 11.4. The fourth-order valence-electron chi connectivity index (χ4n) is 2.11. The highest BCUT2D eigenvalue weighted by Crippen LogP contribution is 2.16. The van der Waals surface area contributed by atoms with Crippen molar-refractivity contribution in [3.63, 3.8) is 0 Å². The van der Waals surface area contributed by atoms with Crippen LogP contribution in [0.4, 0.5) is 0 Å². The molecule has 1 fully saturated rings. The standard InChI is InChI=1S/C12H21N3S/c1-3-11-7-14-12(16-11)9-15-6-4-5-13-10(2)8-15/h7,10,13H,3-6,8-9H2,1-2H3. The van der Waals surface area contributed by atoms with Gasteiger partial charge >= 0.3 is 0 Å². The number of hydrogen-bond donors (Lipinski definition) is 1. The molecule has 1 saturated heterocycles. The molecule has 1 N–H and O–H groups in total. The predicted molar refractivity (Wildman–Crippen MR) is 68.9 cm³/mol. The maximum Gasteiger partial charge on any atom is 0.107 e. The molecule has 2 rings (SSSR count). The van der Waals surface area contributed by atoms with E-state index >= 15 is 0 Å². The van der Waals surface area contributed by atoms with Gasteiger partial charge in [0.05, 0.1) is 6.54 Å². The Labute approximate surface area is 102 Å². The third-order valence-electron chi connectivity index (χ3n) is 2.98. The number of nitrogens with zero attached hydrogens (tertiary/aromatic N) is 2. The SMILES string of the molecule is CCc1cnc(CN2CCCNC(C)C2)s1. The summed E-state index contributed by atoms with van der Waals surface area (Å²) in [6.45, 7) is 8.96. The van der Waals surface area contributed by atoms with Crippen LogP contribution >= 0.6 is 11.3 Å². The first-order valence-corrected chi connectivity index (χ1v) is 6.99. The number of aryl methyl sites for hydroxylation is 1. The topological polar surface area (TPSA) is 28.2 Å². The Morgan fingerprint density at radius 2 is 2.50 bits per heavy atom. The van der Waals surface area contributed by atoms with Crippen LogP contribution < -0.4 is 5.32 Å². The molecule has 1 unspecified atom stereocenters. The van der Waals surface area contributed by atoms with Crippen LogP contribution in [0.3, 0.4) is 0 Å². The summed E-state index contributed by atoms with van der Waals surface area (Å²) in [5, 5.41) is 4.79. The first-order valence-electron chi connectivity index (χ1n) is 6.17. The van der Waals surface area contributed by atoms with Gasteiger partial charge in [-0.05, 0) is 32.9 Å². The van der Waals surface area contributed by atoms with Gasteiger partial charge in [0.25, 0.3) is 0 Å². The van der Waals surface area contributed by atoms with Crippen molar-refractivity contribution >= 4 is 11.3 Å². The minimum Gasteiger partial charge on any atom is -0.313 e. The van der Waals surface area contributed by atoms with Crippen LogP contribution in [-0.4, -0.2) is 35.6 Å². The molecule has 0 aliphatic carbocycles. The minimum absolute atomic E-state index is 0.605. The van der Waals surface area contributed by atoms with Gasteiger partial charge in [-0.2, -0.15) is 0 Å². The van der Waals surface area contributed by atoms with Gasteiger partial charge in [-0.3, -0.25) is 4.90 Å². The van der Waals surface area contributed by atoms with Crippen molar-refractivity contribution in [2.75, 3.05) is 19.6 Å². The van der Waals surface area contributed by atoms with Crippen LogP contribution in [0.2, 0.25) is 0 Å². The van der Waals surface area contributed by atoms with E-state index in [1.165, 1.54) is 22.9 Å². The van der Waals surface area contributed by atoms with Crippen LogP contribution in [0.25, 0.3) is 0 Å². The van der Waals surface area contributed by atoms with Gasteiger partial charge in [-0.25, -0.2) is 4.98 Å². The average Bonchev–Trinajstić information content (AvgIpc) is 2.62. The summed E-state index contributed by atoms with van der Waals surface area (Å²) in [5.74, 6) is 0. The van der Waals surface area contributed by atoms with Crippen molar-refractivity contribution in [3.05, 3.63) is 16.1 Å². The van der Waals surface area contributed by atoms with Gasteiger partial charge in [0.15, 0.2) is 0 Å². The molecule has 1 aliphatic heterocycles. The van der Waals surface area contributed by atoms with Gasteiger partial charge in [0.2, 0.25) is 0 Å². The van der Waals surface area contributed by atoms with Crippen LogP contribution in [0.15, 0.2) is 6.20 Å². The first-order chi connectivity index (χ1) is 7.78. The molecule has 0 bridgehead atoms. The summed E-state index contributed by atoms with van der Waals surface area (Å²) in [7, 11) is 0. The smallest absolute Gasteiger partial charge is 0.107 e. The van der Waals surface area contributed by atoms with E-state index in [-0.39, 0.29) is 0 Å². The molecule has 0 amide bonds. The molecule has 4 heteroatoms. The second-order valence-corrected chi connectivity index (χ2v) is 5.72. The van der Waals surface area contributed by atoms with Gasteiger partial charge in [-0.1, -0.05) is 6.92 Å². The number of hydrogen-bond acceptors (Lipinski definition) is 4. The van der Waals surface area contributed by atoms with E-state index in [9.17, 15) is 0 Å². The van der Waals surface area contributed by atoms with E-state index < -0.39 is 0 Å². The Hall–Kier alpha value is -0.450. The normalized spacial score (nSPS) is 23.2. The molecular formula is C12H21N3S. The first kappa shape index (κ1) is 12.0. The Morgan fingerprint density at radius 1 is 1.62 bits per heavy atom. The lowest BCUT2D eigenvalue weighted by Crippen LogP contribution is -2.34. The molecule has 3 nitrogen and oxygen atoms in total. The van der Waals surface area contributed by atoms with Crippen molar-refractivity contribution in [2.24, 2.45) is 0 Å². The number of thiazole rings is 1. The lowest BCUT2D eigenvalue weighted by atomic mass is 10.3. The lowest BCUT2D eigenvalue weighted by Gasteiger charge is -2.20. The van der Waals surface area contributed by atoms with Crippen molar-refractivity contribution < 1.29 is 0 Å². The van der Waals surface area contributed by atoms with Crippen molar-refractivity contribution in [3.8, 4) is 0 Å². The van der Waals surface area contributed by atoms with Crippen molar-refractivity contribution in [2.45, 2.75) is 39.3 Å². The molecule has 1 aromatic heterocycles. The van der Waals surface area contributed by atoms with E-state index in [4.69, 9.17) is 0 Å². The second kappa shape index (κ2) is 5.75. The van der Waals surface area contributed by atoms with Gasteiger partial charge < -0.3 is 5.32 Å². The summed E-state index contributed by atoms with van der Waals surface area (Å²) >= 11 is 1.86. The summed E-state index contributed by atoms with van der Waals surface area (Å²) in [4.78, 5) is 8.41.